The zero-order valence-electron chi connectivity index (χ0n) is 26.9. The van der Waals surface area contributed by atoms with Crippen LogP contribution >= 0.6 is 0 Å². The minimum absolute atomic E-state index is 0.0572. The van der Waals surface area contributed by atoms with Gasteiger partial charge in [0, 0.05) is 33.6 Å². The number of imidazole rings is 1. The van der Waals surface area contributed by atoms with Crippen molar-refractivity contribution in [2.75, 3.05) is 13.1 Å². The first-order chi connectivity index (χ1) is 20.4. The van der Waals surface area contributed by atoms with Gasteiger partial charge in [0.2, 0.25) is 5.91 Å². The monoisotopic (exact) mass is 589 g/mol. The van der Waals surface area contributed by atoms with Crippen LogP contribution in [0.5, 0.6) is 0 Å². The first kappa shape index (κ1) is 35.8. The molecule has 0 spiro atoms. The summed E-state index contributed by atoms with van der Waals surface area (Å²) in [7, 11) is 1.63. The van der Waals surface area contributed by atoms with Gasteiger partial charge < -0.3 is 15.0 Å². The summed E-state index contributed by atoms with van der Waals surface area (Å²) < 4.78 is 2.71. The molecule has 1 amide bonds. The first-order valence-corrected chi connectivity index (χ1v) is 16.9. The Hall–Kier alpha value is -2.42. The number of nitrogens with zero attached hydrogens (tertiary/aromatic N) is 4. The fourth-order valence-corrected chi connectivity index (χ4v) is 5.79. The van der Waals surface area contributed by atoms with Gasteiger partial charge in [-0.2, -0.15) is 0 Å². The Labute approximate surface area is 253 Å². The fraction of sp³-hybridized carbons (Fsp3) is 0.818. The molecule has 1 unspecified atom stereocenters. The number of hydrogen-bond donors (Lipinski definition) is 2. The lowest BCUT2D eigenvalue weighted by atomic mass is 10.0. The van der Waals surface area contributed by atoms with Crippen LogP contribution in [0.2, 0.25) is 0 Å². The van der Waals surface area contributed by atoms with Crippen LogP contribution in [0.3, 0.4) is 0 Å². The average molecular weight is 590 g/mol. The Balaban J connectivity index is 1.47. The molecule has 1 atom stereocenters. The van der Waals surface area contributed by atoms with Gasteiger partial charge in [0.05, 0.1) is 12.4 Å². The third-order valence-corrected chi connectivity index (χ3v) is 8.49. The Kier molecular flexibility index (Phi) is 18.1. The zero-order valence-corrected chi connectivity index (χ0v) is 26.9. The molecular weight excluding hydrogens is 530 g/mol. The van der Waals surface area contributed by atoms with Crippen molar-refractivity contribution in [3.05, 3.63) is 27.2 Å². The molecule has 2 aromatic rings. The Morgan fingerprint density at radius 3 is 1.95 bits per heavy atom. The maximum atomic E-state index is 12.5. The van der Waals surface area contributed by atoms with Crippen LogP contribution in [0.4, 0.5) is 0 Å². The van der Waals surface area contributed by atoms with Crippen LogP contribution in [-0.2, 0) is 18.4 Å². The highest BCUT2D eigenvalue weighted by atomic mass is 16.3. The van der Waals surface area contributed by atoms with Crippen molar-refractivity contribution in [3.63, 3.8) is 0 Å². The maximum Gasteiger partial charge on any atom is 0.332 e. The molecule has 0 fully saturated rings. The van der Waals surface area contributed by atoms with Gasteiger partial charge in [0.1, 0.15) is 5.52 Å². The minimum Gasteiger partial charge on any atom is -0.391 e. The summed E-state index contributed by atoms with van der Waals surface area (Å²) in [6, 6.07) is 0. The third kappa shape index (κ3) is 13.3. The lowest BCUT2D eigenvalue weighted by Gasteiger charge is -2.24. The van der Waals surface area contributed by atoms with E-state index < -0.39 is 6.10 Å². The van der Waals surface area contributed by atoms with Gasteiger partial charge in [0.25, 0.3) is 5.56 Å². The van der Waals surface area contributed by atoms with Gasteiger partial charge in [-0.05, 0) is 19.3 Å². The number of aromatic amines is 1. The second kappa shape index (κ2) is 21.3. The Bertz CT molecular complexity index is 1120. The normalized spacial score (nSPS) is 12.3. The van der Waals surface area contributed by atoms with Gasteiger partial charge >= 0.3 is 5.69 Å². The summed E-state index contributed by atoms with van der Waals surface area (Å²) >= 11 is 0. The number of fused-ring (bicyclic) bond motifs is 1. The highest BCUT2D eigenvalue weighted by molar-refractivity contribution is 5.73. The molecule has 9 heteroatoms. The topological polar surface area (TPSA) is 113 Å². The molecule has 0 aliphatic heterocycles. The molecule has 42 heavy (non-hydrogen) atoms. The van der Waals surface area contributed by atoms with E-state index in [-0.39, 0.29) is 17.2 Å². The standard InChI is InChI=1S/C33H59N5O4/c1-4-5-6-7-8-9-10-11-12-15-18-21-24-37(28(2)39)26-29(40)23-20-17-14-13-16-19-22-25-38-32(41)30-31(35-27-34-30)36(3)33(38)42/h27,29,40H,4-26H2,1-3H3,(H,34,35). The quantitative estimate of drug-likeness (QED) is 0.129. The van der Waals surface area contributed by atoms with Crippen molar-refractivity contribution in [2.45, 2.75) is 155 Å². The van der Waals surface area contributed by atoms with E-state index in [9.17, 15) is 19.5 Å². The zero-order chi connectivity index (χ0) is 30.6. The van der Waals surface area contributed by atoms with Crippen LogP contribution in [0.25, 0.3) is 11.2 Å². The van der Waals surface area contributed by atoms with Crippen molar-refractivity contribution in [2.24, 2.45) is 7.05 Å². The first-order valence-electron chi connectivity index (χ1n) is 16.9. The minimum atomic E-state index is -0.459. The van der Waals surface area contributed by atoms with Crippen molar-refractivity contribution in [1.82, 2.24) is 24.0 Å². The molecule has 0 bridgehead atoms. The number of aliphatic hydroxyl groups is 1. The molecule has 2 heterocycles. The lowest BCUT2D eigenvalue weighted by Crippen LogP contribution is -2.39. The van der Waals surface area contributed by atoms with E-state index in [4.69, 9.17) is 0 Å². The number of aryl methyl sites for hydroxylation is 1. The molecule has 0 aliphatic rings. The van der Waals surface area contributed by atoms with E-state index in [1.165, 1.54) is 79.7 Å². The molecule has 2 N–H and O–H groups in total. The third-order valence-electron chi connectivity index (χ3n) is 8.49. The van der Waals surface area contributed by atoms with E-state index in [2.05, 4.69) is 16.9 Å². The number of rotatable bonds is 25. The molecule has 0 aliphatic carbocycles. The second-order valence-corrected chi connectivity index (χ2v) is 12.2. The number of carbonyl (C=O) groups is 1. The predicted octanol–water partition coefficient (Wildman–Crippen LogP) is 6.45. The van der Waals surface area contributed by atoms with Crippen molar-refractivity contribution in [3.8, 4) is 0 Å². The molecule has 0 aromatic carbocycles. The van der Waals surface area contributed by atoms with Crippen LogP contribution in [0.1, 0.15) is 142 Å². The SMILES string of the molecule is CCCCCCCCCCCCCCN(CC(O)CCCCCCCCCn1c(=O)c2[nH]cnc2n(C)c1=O)C(C)=O. The van der Waals surface area contributed by atoms with Crippen LogP contribution < -0.4 is 11.2 Å². The molecule has 0 saturated heterocycles. The number of aromatic nitrogens is 4. The second-order valence-electron chi connectivity index (χ2n) is 12.2. The number of amides is 1. The predicted molar refractivity (Wildman–Crippen MR) is 172 cm³/mol. The van der Waals surface area contributed by atoms with E-state index >= 15 is 0 Å². The Morgan fingerprint density at radius 2 is 1.38 bits per heavy atom. The highest BCUT2D eigenvalue weighted by Crippen LogP contribution is 2.14. The summed E-state index contributed by atoms with van der Waals surface area (Å²) in [5, 5.41) is 10.5. The highest BCUT2D eigenvalue weighted by Gasteiger charge is 2.14. The number of carbonyl (C=O) groups excluding carboxylic acids is 1. The van der Waals surface area contributed by atoms with Gasteiger partial charge in [-0.3, -0.25) is 18.7 Å². The molecule has 0 saturated carbocycles. The molecular formula is C33H59N5O4. The van der Waals surface area contributed by atoms with Crippen LogP contribution in [0.15, 0.2) is 15.9 Å². The van der Waals surface area contributed by atoms with Crippen molar-refractivity contribution < 1.29 is 9.90 Å². The molecule has 2 aromatic heterocycles. The molecule has 0 radical (unpaired) electrons. The molecule has 9 nitrogen and oxygen atoms in total. The number of nitrogens with one attached hydrogen (secondary N) is 1. The summed E-state index contributed by atoms with van der Waals surface area (Å²) in [4.78, 5) is 45.8. The number of H-pyrrole nitrogens is 1. The lowest BCUT2D eigenvalue weighted by molar-refractivity contribution is -0.130. The number of unbranched alkanes of at least 4 members (excludes halogenated alkanes) is 17. The smallest absolute Gasteiger partial charge is 0.332 e. The largest absolute Gasteiger partial charge is 0.391 e. The Morgan fingerprint density at radius 1 is 0.857 bits per heavy atom. The molecule has 2 rings (SSSR count). The summed E-state index contributed by atoms with van der Waals surface area (Å²) in [5.74, 6) is 0.0572. The molecule has 240 valence electrons. The van der Waals surface area contributed by atoms with Crippen molar-refractivity contribution >= 4 is 17.1 Å². The summed E-state index contributed by atoms with van der Waals surface area (Å²) in [6.07, 6.45) is 24.3. The van der Waals surface area contributed by atoms with Crippen molar-refractivity contribution in [1.29, 1.82) is 0 Å². The fourth-order valence-electron chi connectivity index (χ4n) is 5.79. The summed E-state index contributed by atoms with van der Waals surface area (Å²) in [5.41, 5.74) is 0.132. The van der Waals surface area contributed by atoms with Gasteiger partial charge in [-0.25, -0.2) is 9.78 Å². The van der Waals surface area contributed by atoms with E-state index in [0.717, 1.165) is 70.8 Å². The summed E-state index contributed by atoms with van der Waals surface area (Å²) in [6.45, 7) is 5.47. The van der Waals surface area contributed by atoms with E-state index in [0.29, 0.717) is 24.3 Å². The van der Waals surface area contributed by atoms with Gasteiger partial charge in [-0.1, -0.05) is 116 Å². The van der Waals surface area contributed by atoms with Gasteiger partial charge in [0.15, 0.2) is 5.65 Å². The van der Waals surface area contributed by atoms with Crippen LogP contribution in [-0.4, -0.2) is 54.2 Å². The van der Waals surface area contributed by atoms with E-state index in [1.54, 1.807) is 14.0 Å². The van der Waals surface area contributed by atoms with E-state index in [1.807, 2.05) is 4.90 Å². The van der Waals surface area contributed by atoms with Gasteiger partial charge in [-0.15, -0.1) is 0 Å². The average Bonchev–Trinajstić information content (AvgIpc) is 3.47. The number of hydrogen-bond acceptors (Lipinski definition) is 5. The maximum absolute atomic E-state index is 12.5. The number of aliphatic hydroxyl groups excluding tert-OH is 1. The van der Waals surface area contributed by atoms with Crippen LogP contribution in [0, 0.1) is 0 Å².